The Morgan fingerprint density at radius 1 is 1.50 bits per heavy atom. The number of hydrogen-bond donors (Lipinski definition) is 1. The number of carbonyl (C=O) groups is 1. The minimum Gasteiger partial charge on any atom is -0.500 e. The topological polar surface area (TPSA) is 46.5 Å². The van der Waals surface area contributed by atoms with Crippen molar-refractivity contribution in [3.05, 3.63) is 41.2 Å². The molecule has 0 saturated carbocycles. The molecule has 0 unspecified atom stereocenters. The van der Waals surface area contributed by atoms with Crippen molar-refractivity contribution in [2.24, 2.45) is 0 Å². The lowest BCUT2D eigenvalue weighted by molar-refractivity contribution is -0.130. The third-order valence-corrected chi connectivity index (χ3v) is 2.89. The molecule has 0 aromatic heterocycles. The van der Waals surface area contributed by atoms with Gasteiger partial charge in [0.15, 0.2) is 0 Å². The quantitative estimate of drug-likeness (QED) is 0.525. The first-order valence-corrected chi connectivity index (χ1v) is 5.85. The molecular weight excluding hydrogens is 272 g/mol. The van der Waals surface area contributed by atoms with E-state index in [1.165, 1.54) is 7.11 Å². The summed E-state index contributed by atoms with van der Waals surface area (Å²) in [5.41, 5.74) is 1.88. The van der Waals surface area contributed by atoms with Crippen LogP contribution < -0.4 is 0 Å². The average molecular weight is 285 g/mol. The third kappa shape index (κ3) is 2.85. The van der Waals surface area contributed by atoms with Crippen molar-refractivity contribution < 1.29 is 14.6 Å². The summed E-state index contributed by atoms with van der Waals surface area (Å²) in [4.78, 5) is 11.2. The Hall–Kier alpha value is -1.29. The molecule has 0 atom stereocenters. The highest BCUT2D eigenvalue weighted by atomic mass is 79.9. The summed E-state index contributed by atoms with van der Waals surface area (Å²) >= 11 is 3.34. The van der Waals surface area contributed by atoms with Gasteiger partial charge in [-0.2, -0.15) is 0 Å². The number of halogens is 1. The van der Waals surface area contributed by atoms with E-state index in [4.69, 9.17) is 9.84 Å². The SMILES string of the molecule is COC(C)=C(C(=O)O)c1cccc(CBr)c1. The number of alkyl halides is 1. The molecule has 86 valence electrons. The monoisotopic (exact) mass is 284 g/mol. The Morgan fingerprint density at radius 2 is 2.19 bits per heavy atom. The lowest BCUT2D eigenvalue weighted by atomic mass is 10.0. The summed E-state index contributed by atoms with van der Waals surface area (Å²) in [5.74, 6) is -0.578. The lowest BCUT2D eigenvalue weighted by Gasteiger charge is -2.08. The average Bonchev–Trinajstić information content (AvgIpc) is 2.29. The van der Waals surface area contributed by atoms with Gasteiger partial charge in [-0.3, -0.25) is 0 Å². The third-order valence-electron chi connectivity index (χ3n) is 2.24. The fourth-order valence-corrected chi connectivity index (χ4v) is 1.74. The van der Waals surface area contributed by atoms with Crippen LogP contribution in [0.4, 0.5) is 0 Å². The smallest absolute Gasteiger partial charge is 0.339 e. The minimum absolute atomic E-state index is 0.199. The van der Waals surface area contributed by atoms with Gasteiger partial charge < -0.3 is 9.84 Å². The number of allylic oxidation sites excluding steroid dienone is 1. The van der Waals surface area contributed by atoms with Crippen molar-refractivity contribution in [1.29, 1.82) is 0 Å². The highest BCUT2D eigenvalue weighted by Gasteiger charge is 2.15. The van der Waals surface area contributed by atoms with Gasteiger partial charge in [-0.1, -0.05) is 34.1 Å². The zero-order valence-electron chi connectivity index (χ0n) is 9.16. The highest BCUT2D eigenvalue weighted by molar-refractivity contribution is 9.08. The van der Waals surface area contributed by atoms with Gasteiger partial charge in [-0.25, -0.2) is 4.79 Å². The summed E-state index contributed by atoms with van der Waals surface area (Å²) < 4.78 is 4.99. The molecule has 1 aromatic rings. The van der Waals surface area contributed by atoms with Crippen LogP contribution in [0.2, 0.25) is 0 Å². The summed E-state index contributed by atoms with van der Waals surface area (Å²) in [5, 5.41) is 9.84. The Balaban J connectivity index is 3.27. The van der Waals surface area contributed by atoms with E-state index in [9.17, 15) is 4.79 Å². The van der Waals surface area contributed by atoms with Gasteiger partial charge >= 0.3 is 5.97 Å². The summed E-state index contributed by atoms with van der Waals surface area (Å²) in [6.45, 7) is 1.64. The molecule has 3 nitrogen and oxygen atoms in total. The van der Waals surface area contributed by atoms with Gasteiger partial charge in [0.05, 0.1) is 7.11 Å². The fraction of sp³-hybridized carbons (Fsp3) is 0.250. The molecule has 0 aliphatic heterocycles. The number of hydrogen-bond acceptors (Lipinski definition) is 2. The number of benzene rings is 1. The minimum atomic E-state index is -0.980. The molecule has 0 amide bonds. The van der Waals surface area contributed by atoms with Crippen molar-refractivity contribution in [2.45, 2.75) is 12.3 Å². The molecule has 0 radical (unpaired) electrons. The molecule has 0 bridgehead atoms. The standard InChI is InChI=1S/C12H13BrO3/c1-8(16-2)11(12(14)15)10-5-3-4-9(6-10)7-13/h3-6H,7H2,1-2H3,(H,14,15). The van der Waals surface area contributed by atoms with Gasteiger partial charge in [0, 0.05) is 5.33 Å². The number of carboxylic acids is 1. The van der Waals surface area contributed by atoms with E-state index in [1.807, 2.05) is 18.2 Å². The summed E-state index contributed by atoms with van der Waals surface area (Å²) in [7, 11) is 1.46. The van der Waals surface area contributed by atoms with Crippen molar-refractivity contribution >= 4 is 27.5 Å². The maximum atomic E-state index is 11.2. The first-order valence-electron chi connectivity index (χ1n) is 4.73. The first kappa shape index (κ1) is 12.8. The van der Waals surface area contributed by atoms with Gasteiger partial charge in [-0.05, 0) is 24.1 Å². The molecule has 0 heterocycles. The van der Waals surface area contributed by atoms with E-state index >= 15 is 0 Å². The maximum Gasteiger partial charge on any atom is 0.339 e. The van der Waals surface area contributed by atoms with Crippen molar-refractivity contribution in [2.75, 3.05) is 7.11 Å². The van der Waals surface area contributed by atoms with Crippen LogP contribution in [0.5, 0.6) is 0 Å². The van der Waals surface area contributed by atoms with Crippen LogP contribution in [0.1, 0.15) is 18.1 Å². The first-order chi connectivity index (χ1) is 7.60. The molecule has 1 N–H and O–H groups in total. The fourth-order valence-electron chi connectivity index (χ4n) is 1.39. The molecule has 4 heteroatoms. The molecule has 0 spiro atoms. The van der Waals surface area contributed by atoms with E-state index in [-0.39, 0.29) is 5.57 Å². The van der Waals surface area contributed by atoms with E-state index < -0.39 is 5.97 Å². The van der Waals surface area contributed by atoms with E-state index in [0.29, 0.717) is 16.7 Å². The molecule has 1 aromatic carbocycles. The van der Waals surface area contributed by atoms with E-state index in [1.54, 1.807) is 13.0 Å². The Labute approximate surface area is 103 Å². The zero-order valence-corrected chi connectivity index (χ0v) is 10.7. The van der Waals surface area contributed by atoms with Crippen LogP contribution in [-0.4, -0.2) is 18.2 Å². The van der Waals surface area contributed by atoms with Crippen LogP contribution in [-0.2, 0) is 14.9 Å². The van der Waals surface area contributed by atoms with Gasteiger partial charge in [0.25, 0.3) is 0 Å². The summed E-state index contributed by atoms with van der Waals surface area (Å²) in [6.07, 6.45) is 0. The van der Waals surface area contributed by atoms with Gasteiger partial charge in [0.1, 0.15) is 11.3 Å². The second-order valence-electron chi connectivity index (χ2n) is 3.27. The Kier molecular flexibility index (Phi) is 4.55. The number of aliphatic carboxylic acids is 1. The highest BCUT2D eigenvalue weighted by Crippen LogP contribution is 2.21. The Morgan fingerprint density at radius 3 is 2.69 bits per heavy atom. The molecule has 0 aliphatic rings. The predicted octanol–water partition coefficient (Wildman–Crippen LogP) is 3.04. The number of carboxylic acid groups (broad SMARTS) is 1. The molecule has 0 aliphatic carbocycles. The van der Waals surface area contributed by atoms with Crippen LogP contribution >= 0.6 is 15.9 Å². The van der Waals surface area contributed by atoms with E-state index in [2.05, 4.69) is 15.9 Å². The number of rotatable bonds is 4. The second kappa shape index (κ2) is 5.70. The van der Waals surface area contributed by atoms with Crippen LogP contribution in [0.25, 0.3) is 5.57 Å². The zero-order chi connectivity index (χ0) is 12.1. The van der Waals surface area contributed by atoms with Gasteiger partial charge in [0.2, 0.25) is 0 Å². The Bertz CT molecular complexity index is 424. The molecule has 0 saturated heterocycles. The van der Waals surface area contributed by atoms with Crippen LogP contribution in [0.3, 0.4) is 0 Å². The molecule has 1 rings (SSSR count). The molecule has 16 heavy (non-hydrogen) atoms. The largest absolute Gasteiger partial charge is 0.500 e. The second-order valence-corrected chi connectivity index (χ2v) is 3.84. The molecular formula is C12H13BrO3. The van der Waals surface area contributed by atoms with Gasteiger partial charge in [-0.15, -0.1) is 0 Å². The van der Waals surface area contributed by atoms with Crippen LogP contribution in [0, 0.1) is 0 Å². The predicted molar refractivity (Wildman–Crippen MR) is 66.3 cm³/mol. The van der Waals surface area contributed by atoms with Crippen molar-refractivity contribution in [3.63, 3.8) is 0 Å². The summed E-state index contributed by atoms with van der Waals surface area (Å²) in [6, 6.07) is 7.36. The molecule has 0 fully saturated rings. The van der Waals surface area contributed by atoms with Crippen molar-refractivity contribution in [3.8, 4) is 0 Å². The normalized spacial score (nSPS) is 11.9. The number of methoxy groups -OCH3 is 1. The maximum absolute atomic E-state index is 11.2. The van der Waals surface area contributed by atoms with Crippen molar-refractivity contribution in [1.82, 2.24) is 0 Å². The van der Waals surface area contributed by atoms with E-state index in [0.717, 1.165) is 5.56 Å². The lowest BCUT2D eigenvalue weighted by Crippen LogP contribution is -2.04. The number of ether oxygens (including phenoxy) is 1. The van der Waals surface area contributed by atoms with Crippen LogP contribution in [0.15, 0.2) is 30.0 Å².